The number of hydrogen-bond donors (Lipinski definition) is 1. The van der Waals surface area contributed by atoms with Gasteiger partial charge in [0.2, 0.25) is 5.91 Å². The van der Waals surface area contributed by atoms with Crippen LogP contribution in [-0.4, -0.2) is 60.2 Å². The molecule has 0 spiro atoms. The Morgan fingerprint density at radius 2 is 1.73 bits per heavy atom. The molecular formula is C33H37N3O5. The molecule has 214 valence electrons. The quantitative estimate of drug-likeness (QED) is 0.334. The van der Waals surface area contributed by atoms with Crippen LogP contribution in [0.1, 0.15) is 52.7 Å². The molecule has 2 aliphatic rings. The average Bonchev–Trinajstić information content (AvgIpc) is 3.34. The first kappa shape index (κ1) is 28.4. The van der Waals surface area contributed by atoms with Crippen molar-refractivity contribution in [2.24, 2.45) is 0 Å². The third-order valence-corrected chi connectivity index (χ3v) is 7.84. The van der Waals surface area contributed by atoms with E-state index in [1.807, 2.05) is 36.4 Å². The molecule has 1 N–H and O–H groups in total. The fourth-order valence-electron chi connectivity index (χ4n) is 5.57. The average molecular weight is 556 g/mol. The van der Waals surface area contributed by atoms with Gasteiger partial charge in [-0.05, 0) is 54.7 Å². The van der Waals surface area contributed by atoms with E-state index in [9.17, 15) is 14.4 Å². The Bertz CT molecular complexity index is 1340. The zero-order chi connectivity index (χ0) is 28.6. The summed E-state index contributed by atoms with van der Waals surface area (Å²) in [6.45, 7) is 3.56. The molecule has 41 heavy (non-hydrogen) atoms. The van der Waals surface area contributed by atoms with Crippen LogP contribution in [-0.2, 0) is 29.3 Å². The molecule has 1 atom stereocenters. The number of ether oxygens (including phenoxy) is 2. The fraction of sp³-hybridized carbons (Fsp3) is 0.364. The maximum Gasteiger partial charge on any atom is 0.255 e. The number of para-hydroxylation sites is 1. The lowest BCUT2D eigenvalue weighted by Crippen LogP contribution is -2.46. The second-order valence-corrected chi connectivity index (χ2v) is 10.6. The summed E-state index contributed by atoms with van der Waals surface area (Å²) in [5.74, 6) is 1.08. The highest BCUT2D eigenvalue weighted by Gasteiger charge is 2.37. The van der Waals surface area contributed by atoms with Crippen LogP contribution in [0.5, 0.6) is 11.5 Å². The zero-order valence-electron chi connectivity index (χ0n) is 23.5. The van der Waals surface area contributed by atoms with E-state index in [1.165, 1.54) is 17.5 Å². The third-order valence-electron chi connectivity index (χ3n) is 7.84. The second kappa shape index (κ2) is 13.5. The van der Waals surface area contributed by atoms with Gasteiger partial charge in [-0.15, -0.1) is 0 Å². The summed E-state index contributed by atoms with van der Waals surface area (Å²) in [6, 6.07) is 23.2. The predicted molar refractivity (Wildman–Crippen MR) is 156 cm³/mol. The van der Waals surface area contributed by atoms with Crippen LogP contribution in [0.15, 0.2) is 72.8 Å². The minimum atomic E-state index is -0.701. The minimum Gasteiger partial charge on any atom is -0.490 e. The normalized spacial score (nSPS) is 16.2. The number of carbonyl (C=O) groups is 3. The van der Waals surface area contributed by atoms with Gasteiger partial charge in [-0.2, -0.15) is 0 Å². The lowest BCUT2D eigenvalue weighted by atomic mass is 10.1. The summed E-state index contributed by atoms with van der Waals surface area (Å²) < 4.78 is 12.3. The van der Waals surface area contributed by atoms with Gasteiger partial charge in [0.1, 0.15) is 36.5 Å². The van der Waals surface area contributed by atoms with E-state index in [0.717, 1.165) is 55.6 Å². The standard InChI is InChI=1S/C33H37N3O5/c1-34-32(38)30(10-6-20-37)36-22-29-28(33(36)39)9-5-11-31(29)40-23-25-14-12-24(13-15-25)21-35-18-16-27(17-19-35)41-26-7-3-2-4-8-26/h2-5,7-9,11-15,20,27,30H,6,10,16-19,21-23H2,1H3,(H,34,38). The number of aldehydes is 1. The van der Waals surface area contributed by atoms with Gasteiger partial charge < -0.3 is 24.5 Å². The van der Waals surface area contributed by atoms with E-state index in [1.54, 1.807) is 12.1 Å². The van der Waals surface area contributed by atoms with Gasteiger partial charge >= 0.3 is 0 Å². The second-order valence-electron chi connectivity index (χ2n) is 10.6. The molecule has 0 radical (unpaired) electrons. The first-order valence-electron chi connectivity index (χ1n) is 14.3. The number of likely N-dealkylation sites (tertiary alicyclic amines) is 1. The monoisotopic (exact) mass is 555 g/mol. The smallest absolute Gasteiger partial charge is 0.255 e. The molecular weight excluding hydrogens is 518 g/mol. The van der Waals surface area contributed by atoms with E-state index in [2.05, 4.69) is 34.5 Å². The summed E-state index contributed by atoms with van der Waals surface area (Å²) in [6.07, 6.45) is 3.56. The van der Waals surface area contributed by atoms with Gasteiger partial charge in [0.15, 0.2) is 0 Å². The topological polar surface area (TPSA) is 88.2 Å². The fourth-order valence-corrected chi connectivity index (χ4v) is 5.57. The summed E-state index contributed by atoms with van der Waals surface area (Å²) in [7, 11) is 1.54. The van der Waals surface area contributed by atoms with Crippen molar-refractivity contribution in [2.75, 3.05) is 20.1 Å². The molecule has 3 aromatic rings. The van der Waals surface area contributed by atoms with Crippen LogP contribution in [0.25, 0.3) is 0 Å². The molecule has 0 aliphatic carbocycles. The van der Waals surface area contributed by atoms with Crippen molar-refractivity contribution in [1.29, 1.82) is 0 Å². The van der Waals surface area contributed by atoms with Crippen LogP contribution >= 0.6 is 0 Å². The van der Waals surface area contributed by atoms with Crippen molar-refractivity contribution in [3.63, 3.8) is 0 Å². The summed E-state index contributed by atoms with van der Waals surface area (Å²) in [5.41, 5.74) is 3.61. The number of amides is 2. The minimum absolute atomic E-state index is 0.207. The molecule has 8 heteroatoms. The van der Waals surface area contributed by atoms with E-state index < -0.39 is 6.04 Å². The van der Waals surface area contributed by atoms with Gasteiger partial charge in [-0.25, -0.2) is 0 Å². The van der Waals surface area contributed by atoms with Gasteiger partial charge in [0, 0.05) is 44.2 Å². The van der Waals surface area contributed by atoms with E-state index >= 15 is 0 Å². The molecule has 5 rings (SSSR count). The van der Waals surface area contributed by atoms with Gasteiger partial charge in [0.25, 0.3) is 5.91 Å². The Morgan fingerprint density at radius 1 is 1.00 bits per heavy atom. The van der Waals surface area contributed by atoms with Crippen LogP contribution in [0, 0.1) is 0 Å². The first-order valence-corrected chi connectivity index (χ1v) is 14.3. The molecule has 1 fully saturated rings. The van der Waals surface area contributed by atoms with Crippen LogP contribution in [0.2, 0.25) is 0 Å². The molecule has 3 aromatic carbocycles. The summed E-state index contributed by atoms with van der Waals surface area (Å²) in [4.78, 5) is 40.5. The zero-order valence-corrected chi connectivity index (χ0v) is 23.5. The van der Waals surface area contributed by atoms with Crippen molar-refractivity contribution < 1.29 is 23.9 Å². The lowest BCUT2D eigenvalue weighted by molar-refractivity contribution is -0.125. The van der Waals surface area contributed by atoms with Gasteiger partial charge in [0.05, 0.1) is 6.54 Å². The van der Waals surface area contributed by atoms with Crippen LogP contribution in [0.3, 0.4) is 0 Å². The number of likely N-dealkylation sites (N-methyl/N-ethyl adjacent to an activating group) is 1. The van der Waals surface area contributed by atoms with E-state index in [0.29, 0.717) is 17.9 Å². The highest BCUT2D eigenvalue weighted by atomic mass is 16.5. The van der Waals surface area contributed by atoms with Crippen molar-refractivity contribution in [3.8, 4) is 11.5 Å². The molecule has 0 bridgehead atoms. The maximum absolute atomic E-state index is 13.1. The SMILES string of the molecule is CNC(=O)C(CCC=O)N1Cc2c(OCc3ccc(CN4CCC(Oc5ccccc5)CC4)cc3)cccc2C1=O. The molecule has 2 aliphatic heterocycles. The van der Waals surface area contributed by atoms with Crippen LogP contribution < -0.4 is 14.8 Å². The van der Waals surface area contributed by atoms with Crippen LogP contribution in [0.4, 0.5) is 0 Å². The summed E-state index contributed by atoms with van der Waals surface area (Å²) >= 11 is 0. The van der Waals surface area contributed by atoms with Crippen molar-refractivity contribution >= 4 is 18.1 Å². The number of nitrogens with one attached hydrogen (secondary N) is 1. The lowest BCUT2D eigenvalue weighted by Gasteiger charge is -2.32. The molecule has 0 saturated carbocycles. The van der Waals surface area contributed by atoms with Crippen molar-refractivity contribution in [2.45, 2.75) is 57.5 Å². The highest BCUT2D eigenvalue weighted by Crippen LogP contribution is 2.33. The third kappa shape index (κ3) is 6.95. The Balaban J connectivity index is 1.14. The number of hydrogen-bond acceptors (Lipinski definition) is 6. The maximum atomic E-state index is 13.1. The first-order chi connectivity index (χ1) is 20.1. The van der Waals surface area contributed by atoms with Crippen molar-refractivity contribution in [1.82, 2.24) is 15.1 Å². The molecule has 1 saturated heterocycles. The number of benzene rings is 3. The Kier molecular flexibility index (Phi) is 9.31. The number of rotatable bonds is 12. The Labute approximate surface area is 241 Å². The highest BCUT2D eigenvalue weighted by molar-refractivity contribution is 6.01. The molecule has 1 unspecified atom stereocenters. The summed E-state index contributed by atoms with van der Waals surface area (Å²) in [5, 5.41) is 2.61. The van der Waals surface area contributed by atoms with E-state index in [-0.39, 0.29) is 37.3 Å². The van der Waals surface area contributed by atoms with Gasteiger partial charge in [-0.1, -0.05) is 48.5 Å². The Hall–Kier alpha value is -4.17. The Morgan fingerprint density at radius 3 is 2.44 bits per heavy atom. The number of carbonyl (C=O) groups excluding carboxylic acids is 3. The number of nitrogens with zero attached hydrogens (tertiary/aromatic N) is 2. The number of piperidine rings is 1. The molecule has 2 heterocycles. The van der Waals surface area contributed by atoms with Gasteiger partial charge in [-0.3, -0.25) is 14.5 Å². The number of fused-ring (bicyclic) bond motifs is 1. The molecule has 8 nitrogen and oxygen atoms in total. The molecule has 2 amide bonds. The van der Waals surface area contributed by atoms with E-state index in [4.69, 9.17) is 9.47 Å². The largest absolute Gasteiger partial charge is 0.490 e. The molecule has 0 aromatic heterocycles. The predicted octanol–water partition coefficient (Wildman–Crippen LogP) is 4.36. The van der Waals surface area contributed by atoms with Crippen molar-refractivity contribution in [3.05, 3.63) is 95.1 Å².